The van der Waals surface area contributed by atoms with Gasteiger partial charge in [0.05, 0.1) is 18.6 Å². The monoisotopic (exact) mass is 152 g/mol. The normalized spacial score (nSPS) is 21.2. The molecule has 1 aromatic rings. The van der Waals surface area contributed by atoms with E-state index >= 15 is 0 Å². The lowest BCUT2D eigenvalue weighted by Crippen LogP contribution is -2.51. The van der Waals surface area contributed by atoms with Crippen molar-refractivity contribution in [1.29, 1.82) is 0 Å². The summed E-state index contributed by atoms with van der Waals surface area (Å²) in [7, 11) is 0. The first-order valence-electron chi connectivity index (χ1n) is 3.78. The zero-order valence-corrected chi connectivity index (χ0v) is 6.34. The minimum Gasteiger partial charge on any atom is -0.379 e. The number of H-pyrrole nitrogens is 1. The molecule has 0 radical (unpaired) electrons. The van der Waals surface area contributed by atoms with E-state index in [0.29, 0.717) is 6.54 Å². The van der Waals surface area contributed by atoms with Crippen molar-refractivity contribution in [2.75, 3.05) is 19.8 Å². The maximum Gasteiger partial charge on any atom is 0.0598 e. The summed E-state index contributed by atoms with van der Waals surface area (Å²) in [6, 6.07) is 2.06. The number of aromatic amines is 1. The molecule has 0 unspecified atom stereocenters. The SMILES string of the molecule is NCC1(c2cc[nH]c2)COC1. The summed E-state index contributed by atoms with van der Waals surface area (Å²) in [5.74, 6) is 0. The standard InChI is InChI=1S/C8H12N2O/c9-4-8(5-11-6-8)7-1-2-10-3-7/h1-3,10H,4-6,9H2. The van der Waals surface area contributed by atoms with Crippen molar-refractivity contribution >= 4 is 0 Å². The number of nitrogens with one attached hydrogen (secondary N) is 1. The van der Waals surface area contributed by atoms with E-state index in [1.54, 1.807) is 0 Å². The van der Waals surface area contributed by atoms with Gasteiger partial charge < -0.3 is 15.5 Å². The molecule has 2 heterocycles. The van der Waals surface area contributed by atoms with Crippen LogP contribution in [0.25, 0.3) is 0 Å². The quantitative estimate of drug-likeness (QED) is 0.638. The Bertz CT molecular complexity index is 221. The zero-order valence-electron chi connectivity index (χ0n) is 6.34. The smallest absolute Gasteiger partial charge is 0.0598 e. The Morgan fingerprint density at radius 2 is 2.45 bits per heavy atom. The first-order chi connectivity index (χ1) is 5.37. The van der Waals surface area contributed by atoms with Crippen LogP contribution in [0.3, 0.4) is 0 Å². The van der Waals surface area contributed by atoms with Gasteiger partial charge in [0.25, 0.3) is 0 Å². The molecule has 1 fully saturated rings. The van der Waals surface area contributed by atoms with Crippen molar-refractivity contribution in [2.24, 2.45) is 5.73 Å². The molecule has 60 valence electrons. The Morgan fingerprint density at radius 1 is 1.64 bits per heavy atom. The van der Waals surface area contributed by atoms with Crippen LogP contribution in [0.15, 0.2) is 18.5 Å². The third-order valence-corrected chi connectivity index (χ3v) is 2.36. The van der Waals surface area contributed by atoms with Crippen LogP contribution in [0.4, 0.5) is 0 Å². The third-order valence-electron chi connectivity index (χ3n) is 2.36. The Balaban J connectivity index is 2.25. The van der Waals surface area contributed by atoms with Crippen molar-refractivity contribution in [1.82, 2.24) is 4.98 Å². The highest BCUT2D eigenvalue weighted by atomic mass is 16.5. The number of hydrogen-bond donors (Lipinski definition) is 2. The van der Waals surface area contributed by atoms with Gasteiger partial charge >= 0.3 is 0 Å². The van der Waals surface area contributed by atoms with E-state index in [1.165, 1.54) is 5.56 Å². The van der Waals surface area contributed by atoms with Crippen molar-refractivity contribution in [3.05, 3.63) is 24.0 Å². The van der Waals surface area contributed by atoms with E-state index in [4.69, 9.17) is 10.5 Å². The maximum absolute atomic E-state index is 5.67. The first-order valence-corrected chi connectivity index (χ1v) is 3.78. The van der Waals surface area contributed by atoms with Gasteiger partial charge in [-0.05, 0) is 11.6 Å². The molecule has 11 heavy (non-hydrogen) atoms. The second kappa shape index (κ2) is 2.36. The largest absolute Gasteiger partial charge is 0.379 e. The van der Waals surface area contributed by atoms with Gasteiger partial charge in [0, 0.05) is 18.9 Å². The molecule has 3 heteroatoms. The molecule has 0 saturated carbocycles. The van der Waals surface area contributed by atoms with Gasteiger partial charge in [0.2, 0.25) is 0 Å². The second-order valence-electron chi connectivity index (χ2n) is 3.08. The van der Waals surface area contributed by atoms with Crippen LogP contribution in [0, 0.1) is 0 Å². The Kier molecular flexibility index (Phi) is 1.47. The van der Waals surface area contributed by atoms with E-state index < -0.39 is 0 Å². The lowest BCUT2D eigenvalue weighted by molar-refractivity contribution is -0.0549. The van der Waals surface area contributed by atoms with Crippen molar-refractivity contribution in [3.8, 4) is 0 Å². The molecule has 0 aromatic carbocycles. The fraction of sp³-hybridized carbons (Fsp3) is 0.500. The molecule has 3 N–H and O–H groups in total. The highest BCUT2D eigenvalue weighted by Gasteiger charge is 2.39. The molecule has 1 aromatic heterocycles. The Morgan fingerprint density at radius 3 is 2.82 bits per heavy atom. The predicted octanol–water partition coefficient (Wildman–Crippen LogP) is 0.241. The van der Waals surface area contributed by atoms with E-state index in [9.17, 15) is 0 Å². The third kappa shape index (κ3) is 0.886. The summed E-state index contributed by atoms with van der Waals surface area (Å²) in [6.45, 7) is 2.20. The van der Waals surface area contributed by atoms with Gasteiger partial charge in [0.1, 0.15) is 0 Å². The molecule has 0 aliphatic carbocycles. The molecule has 0 bridgehead atoms. The Labute approximate surface area is 65.5 Å². The molecule has 1 aliphatic heterocycles. The lowest BCUT2D eigenvalue weighted by atomic mass is 9.80. The zero-order chi connectivity index (χ0) is 7.73. The van der Waals surface area contributed by atoms with Gasteiger partial charge in [-0.1, -0.05) is 0 Å². The van der Waals surface area contributed by atoms with Gasteiger partial charge in [0.15, 0.2) is 0 Å². The van der Waals surface area contributed by atoms with Crippen LogP contribution in [0.5, 0.6) is 0 Å². The fourth-order valence-corrected chi connectivity index (χ4v) is 1.40. The molecular formula is C8H12N2O. The summed E-state index contributed by atoms with van der Waals surface area (Å²) in [4.78, 5) is 3.03. The van der Waals surface area contributed by atoms with Crippen LogP contribution in [0.1, 0.15) is 5.56 Å². The number of hydrogen-bond acceptors (Lipinski definition) is 2. The number of ether oxygens (including phenoxy) is 1. The minimum absolute atomic E-state index is 0.111. The molecule has 3 nitrogen and oxygen atoms in total. The summed E-state index contributed by atoms with van der Waals surface area (Å²) in [6.07, 6.45) is 3.92. The fourth-order valence-electron chi connectivity index (χ4n) is 1.40. The van der Waals surface area contributed by atoms with Crippen molar-refractivity contribution < 1.29 is 4.74 Å². The highest BCUT2D eigenvalue weighted by molar-refractivity contribution is 5.25. The molecule has 0 spiro atoms. The maximum atomic E-state index is 5.67. The predicted molar refractivity (Wildman–Crippen MR) is 42.3 cm³/mol. The first kappa shape index (κ1) is 6.88. The number of rotatable bonds is 2. The van der Waals surface area contributed by atoms with E-state index in [2.05, 4.69) is 11.1 Å². The average Bonchev–Trinajstić information content (AvgIpc) is 2.39. The topological polar surface area (TPSA) is 51.0 Å². The molecular weight excluding hydrogens is 140 g/mol. The summed E-state index contributed by atoms with van der Waals surface area (Å²) >= 11 is 0. The highest BCUT2D eigenvalue weighted by Crippen LogP contribution is 2.30. The van der Waals surface area contributed by atoms with E-state index in [0.717, 1.165) is 13.2 Å². The molecule has 2 rings (SSSR count). The van der Waals surface area contributed by atoms with Crippen molar-refractivity contribution in [2.45, 2.75) is 5.41 Å². The van der Waals surface area contributed by atoms with Crippen LogP contribution < -0.4 is 5.73 Å². The van der Waals surface area contributed by atoms with Gasteiger partial charge in [-0.15, -0.1) is 0 Å². The van der Waals surface area contributed by atoms with Crippen LogP contribution in [-0.2, 0) is 10.2 Å². The summed E-state index contributed by atoms with van der Waals surface area (Å²) < 4.78 is 5.16. The van der Waals surface area contributed by atoms with E-state index in [1.807, 2.05) is 12.4 Å². The Hall–Kier alpha value is -0.800. The molecule has 1 saturated heterocycles. The average molecular weight is 152 g/mol. The summed E-state index contributed by atoms with van der Waals surface area (Å²) in [5.41, 5.74) is 7.05. The number of aromatic nitrogens is 1. The van der Waals surface area contributed by atoms with E-state index in [-0.39, 0.29) is 5.41 Å². The van der Waals surface area contributed by atoms with Gasteiger partial charge in [-0.25, -0.2) is 0 Å². The van der Waals surface area contributed by atoms with Crippen LogP contribution in [0.2, 0.25) is 0 Å². The van der Waals surface area contributed by atoms with Crippen LogP contribution in [-0.4, -0.2) is 24.7 Å². The number of nitrogens with two attached hydrogens (primary N) is 1. The molecule has 1 aliphatic rings. The molecule has 0 amide bonds. The van der Waals surface area contributed by atoms with Gasteiger partial charge in [-0.3, -0.25) is 0 Å². The van der Waals surface area contributed by atoms with Gasteiger partial charge in [-0.2, -0.15) is 0 Å². The minimum atomic E-state index is 0.111. The van der Waals surface area contributed by atoms with Crippen molar-refractivity contribution in [3.63, 3.8) is 0 Å². The second-order valence-corrected chi connectivity index (χ2v) is 3.08. The van der Waals surface area contributed by atoms with Crippen LogP contribution >= 0.6 is 0 Å². The lowest BCUT2D eigenvalue weighted by Gasteiger charge is -2.40. The summed E-state index contributed by atoms with van der Waals surface area (Å²) in [5, 5.41) is 0. The molecule has 0 atom stereocenters.